The van der Waals surface area contributed by atoms with Crippen LogP contribution in [0.2, 0.25) is 0 Å². The van der Waals surface area contributed by atoms with Crippen LogP contribution >= 0.6 is 0 Å². The van der Waals surface area contributed by atoms with Crippen LogP contribution in [0.25, 0.3) is 0 Å². The van der Waals surface area contributed by atoms with Crippen molar-refractivity contribution in [2.24, 2.45) is 0 Å². The third-order valence-electron chi connectivity index (χ3n) is 4.06. The van der Waals surface area contributed by atoms with Gasteiger partial charge in [-0.15, -0.1) is 0 Å². The van der Waals surface area contributed by atoms with Gasteiger partial charge in [0.1, 0.15) is 5.82 Å². The summed E-state index contributed by atoms with van der Waals surface area (Å²) in [4.78, 5) is 7.03. The minimum Gasteiger partial charge on any atom is -0.354 e. The van der Waals surface area contributed by atoms with E-state index in [1.807, 2.05) is 13.0 Å². The average molecular weight is 346 g/mol. The number of nitrogens with zero attached hydrogens (tertiary/aromatic N) is 2. The van der Waals surface area contributed by atoms with Gasteiger partial charge >= 0.3 is 0 Å². The predicted octanol–water partition coefficient (Wildman–Crippen LogP) is 1.99. The number of aromatic nitrogens is 1. The fraction of sp³-hybridized carbons (Fsp3) is 0.353. The highest BCUT2D eigenvalue weighted by Crippen LogP contribution is 2.22. The molecule has 1 aliphatic rings. The third kappa shape index (κ3) is 3.68. The number of aryl methyl sites for hydroxylation is 1. The van der Waals surface area contributed by atoms with E-state index >= 15 is 0 Å². The molecule has 0 spiro atoms. The summed E-state index contributed by atoms with van der Waals surface area (Å²) in [6.07, 6.45) is 0. The highest BCUT2D eigenvalue weighted by Gasteiger charge is 2.19. The van der Waals surface area contributed by atoms with E-state index in [2.05, 4.69) is 26.8 Å². The number of hydrogen-bond acceptors (Lipinski definition) is 5. The van der Waals surface area contributed by atoms with Crippen molar-refractivity contribution >= 4 is 21.5 Å². The highest BCUT2D eigenvalue weighted by molar-refractivity contribution is 7.92. The molecule has 0 radical (unpaired) electrons. The van der Waals surface area contributed by atoms with Crippen LogP contribution in [-0.4, -0.2) is 39.1 Å². The Labute approximate surface area is 143 Å². The van der Waals surface area contributed by atoms with Gasteiger partial charge in [-0.3, -0.25) is 4.72 Å². The zero-order chi connectivity index (χ0) is 17.2. The summed E-state index contributed by atoms with van der Waals surface area (Å²) in [5, 5.41) is 3.40. The molecule has 2 N–H and O–H groups in total. The molecule has 1 atom stereocenters. The van der Waals surface area contributed by atoms with E-state index in [0.29, 0.717) is 17.4 Å². The maximum absolute atomic E-state index is 12.4. The molecule has 1 aliphatic heterocycles. The number of pyridine rings is 1. The van der Waals surface area contributed by atoms with Crippen LogP contribution in [0.3, 0.4) is 0 Å². The van der Waals surface area contributed by atoms with Gasteiger partial charge in [-0.05, 0) is 38.1 Å². The molecule has 1 aromatic heterocycles. The van der Waals surface area contributed by atoms with Crippen LogP contribution in [0.1, 0.15) is 12.6 Å². The number of hydrogen-bond donors (Lipinski definition) is 2. The number of rotatable bonds is 4. The Balaban J connectivity index is 1.80. The van der Waals surface area contributed by atoms with Crippen LogP contribution in [0, 0.1) is 6.92 Å². The Bertz CT molecular complexity index is 809. The van der Waals surface area contributed by atoms with Gasteiger partial charge in [0.05, 0.1) is 16.3 Å². The molecule has 1 aromatic carbocycles. The fourth-order valence-electron chi connectivity index (χ4n) is 2.78. The quantitative estimate of drug-likeness (QED) is 0.886. The number of piperazine rings is 1. The minimum atomic E-state index is -3.60. The molecular formula is C17H22N4O2S. The normalized spacial score (nSPS) is 18.4. The Hall–Kier alpha value is -2.12. The van der Waals surface area contributed by atoms with Crippen molar-refractivity contribution in [2.45, 2.75) is 24.8 Å². The smallest absolute Gasteiger partial charge is 0.261 e. The molecular weight excluding hydrogens is 324 g/mol. The van der Waals surface area contributed by atoms with Gasteiger partial charge in [-0.1, -0.05) is 18.2 Å². The van der Waals surface area contributed by atoms with Gasteiger partial charge in [-0.2, -0.15) is 0 Å². The lowest BCUT2D eigenvalue weighted by atomic mass is 10.2. The van der Waals surface area contributed by atoms with E-state index in [1.54, 1.807) is 36.4 Å². The van der Waals surface area contributed by atoms with Crippen LogP contribution in [0.15, 0.2) is 47.4 Å². The Morgan fingerprint density at radius 1 is 1.21 bits per heavy atom. The number of anilines is 2. The first-order valence-electron chi connectivity index (χ1n) is 7.99. The van der Waals surface area contributed by atoms with Crippen molar-refractivity contribution in [3.05, 3.63) is 48.2 Å². The summed E-state index contributed by atoms with van der Waals surface area (Å²) in [6, 6.07) is 12.4. The lowest BCUT2D eigenvalue weighted by molar-refractivity contribution is 0.482. The van der Waals surface area contributed by atoms with Gasteiger partial charge < -0.3 is 10.2 Å². The molecule has 0 amide bonds. The van der Waals surface area contributed by atoms with Crippen molar-refractivity contribution in [1.29, 1.82) is 0 Å². The number of nitrogens with one attached hydrogen (secondary N) is 2. The maximum atomic E-state index is 12.4. The van der Waals surface area contributed by atoms with E-state index < -0.39 is 10.0 Å². The van der Waals surface area contributed by atoms with Crippen molar-refractivity contribution in [3.8, 4) is 0 Å². The summed E-state index contributed by atoms with van der Waals surface area (Å²) >= 11 is 0. The zero-order valence-electron chi connectivity index (χ0n) is 13.9. The molecule has 1 fully saturated rings. The van der Waals surface area contributed by atoms with Crippen LogP contribution in [0.4, 0.5) is 11.5 Å². The monoisotopic (exact) mass is 346 g/mol. The molecule has 2 heterocycles. The van der Waals surface area contributed by atoms with Crippen molar-refractivity contribution in [2.75, 3.05) is 29.3 Å². The summed E-state index contributed by atoms with van der Waals surface area (Å²) in [5.74, 6) is 0.878. The van der Waals surface area contributed by atoms with E-state index in [1.165, 1.54) is 0 Å². The fourth-order valence-corrected chi connectivity index (χ4v) is 3.91. The van der Waals surface area contributed by atoms with Crippen molar-refractivity contribution < 1.29 is 8.42 Å². The van der Waals surface area contributed by atoms with Crippen molar-refractivity contribution in [3.63, 3.8) is 0 Å². The Morgan fingerprint density at radius 2 is 1.96 bits per heavy atom. The molecule has 2 aromatic rings. The number of benzene rings is 1. The van der Waals surface area contributed by atoms with Gasteiger partial charge in [-0.25, -0.2) is 13.4 Å². The second kappa shape index (κ2) is 6.78. The lowest BCUT2D eigenvalue weighted by Gasteiger charge is -2.33. The van der Waals surface area contributed by atoms with Crippen molar-refractivity contribution in [1.82, 2.24) is 10.3 Å². The number of sulfonamides is 1. The maximum Gasteiger partial charge on any atom is 0.261 e. The standard InChI is InChI=1S/C17H22N4O2S/c1-13-12-21(11-10-18-13)17-9-8-16(14(2)19-17)20-24(22,23)15-6-4-3-5-7-15/h3-9,13,18,20H,10-12H2,1-2H3. The van der Waals surface area contributed by atoms with Gasteiger partial charge in [0, 0.05) is 25.7 Å². The first-order valence-corrected chi connectivity index (χ1v) is 9.48. The summed E-state index contributed by atoms with van der Waals surface area (Å²) in [5.41, 5.74) is 1.17. The molecule has 7 heteroatoms. The average Bonchev–Trinajstić information content (AvgIpc) is 2.57. The second-order valence-electron chi connectivity index (χ2n) is 6.02. The molecule has 128 valence electrons. The minimum absolute atomic E-state index is 0.240. The molecule has 0 saturated carbocycles. The first-order chi connectivity index (χ1) is 11.5. The second-order valence-corrected chi connectivity index (χ2v) is 7.70. The third-order valence-corrected chi connectivity index (χ3v) is 5.44. The summed E-state index contributed by atoms with van der Waals surface area (Å²) < 4.78 is 27.5. The lowest BCUT2D eigenvalue weighted by Crippen LogP contribution is -2.49. The summed E-state index contributed by atoms with van der Waals surface area (Å²) in [6.45, 7) is 6.66. The zero-order valence-corrected chi connectivity index (χ0v) is 14.7. The molecule has 0 aliphatic carbocycles. The Kier molecular flexibility index (Phi) is 4.73. The van der Waals surface area contributed by atoms with Crippen LogP contribution in [0.5, 0.6) is 0 Å². The van der Waals surface area contributed by atoms with Gasteiger partial charge in [0.2, 0.25) is 0 Å². The molecule has 1 unspecified atom stereocenters. The van der Waals surface area contributed by atoms with Crippen LogP contribution < -0.4 is 14.9 Å². The topological polar surface area (TPSA) is 74.3 Å². The first kappa shape index (κ1) is 16.7. The molecule has 24 heavy (non-hydrogen) atoms. The summed E-state index contributed by atoms with van der Waals surface area (Å²) in [7, 11) is -3.60. The van der Waals surface area contributed by atoms with Gasteiger partial charge in [0.15, 0.2) is 0 Å². The molecule has 1 saturated heterocycles. The molecule has 6 nitrogen and oxygen atoms in total. The largest absolute Gasteiger partial charge is 0.354 e. The predicted molar refractivity (Wildman–Crippen MR) is 95.9 cm³/mol. The van der Waals surface area contributed by atoms with E-state index in [0.717, 1.165) is 25.5 Å². The highest BCUT2D eigenvalue weighted by atomic mass is 32.2. The molecule has 3 rings (SSSR count). The SMILES string of the molecule is Cc1nc(N2CCNC(C)C2)ccc1NS(=O)(=O)c1ccccc1. The van der Waals surface area contributed by atoms with Gasteiger partial charge in [0.25, 0.3) is 10.0 Å². The Morgan fingerprint density at radius 3 is 2.62 bits per heavy atom. The molecule has 0 bridgehead atoms. The van der Waals surface area contributed by atoms with Crippen LogP contribution in [-0.2, 0) is 10.0 Å². The van der Waals surface area contributed by atoms with E-state index in [9.17, 15) is 8.42 Å². The van der Waals surface area contributed by atoms with E-state index in [4.69, 9.17) is 0 Å². The van der Waals surface area contributed by atoms with E-state index in [-0.39, 0.29) is 4.90 Å².